The van der Waals surface area contributed by atoms with E-state index in [0.717, 1.165) is 11.8 Å². The lowest BCUT2D eigenvalue weighted by molar-refractivity contribution is 0.371. The summed E-state index contributed by atoms with van der Waals surface area (Å²) in [5.41, 5.74) is 0. The Morgan fingerprint density at radius 1 is 1.36 bits per heavy atom. The summed E-state index contributed by atoms with van der Waals surface area (Å²) >= 11 is 0. The Balaban J connectivity index is 2.48. The normalized spacial score (nSPS) is 32.9. The summed E-state index contributed by atoms with van der Waals surface area (Å²) in [7, 11) is 0. The van der Waals surface area contributed by atoms with Crippen LogP contribution in [0.5, 0.6) is 0 Å². The molecule has 0 heteroatoms. The van der Waals surface area contributed by atoms with Crippen LogP contribution in [0.3, 0.4) is 0 Å². The molecule has 2 atom stereocenters. The fourth-order valence-corrected chi connectivity index (χ4v) is 1.94. The van der Waals surface area contributed by atoms with Gasteiger partial charge in [0.2, 0.25) is 0 Å². The molecule has 1 aliphatic rings. The molecule has 0 aliphatic heterocycles. The van der Waals surface area contributed by atoms with Gasteiger partial charge < -0.3 is 0 Å². The Bertz CT molecular complexity index is 124. The third-order valence-electron chi connectivity index (χ3n) is 2.87. The SMILES string of the molecule is CCC1C=CCCCCC1C. The maximum Gasteiger partial charge on any atom is -0.0210 e. The molecule has 0 fully saturated rings. The van der Waals surface area contributed by atoms with Crippen LogP contribution >= 0.6 is 0 Å². The van der Waals surface area contributed by atoms with Crippen molar-refractivity contribution in [2.24, 2.45) is 11.8 Å². The highest BCUT2D eigenvalue weighted by Crippen LogP contribution is 2.25. The average Bonchev–Trinajstić information content (AvgIpc) is 1.98. The Labute approximate surface area is 70.7 Å². The molecule has 0 nitrogen and oxygen atoms in total. The van der Waals surface area contributed by atoms with E-state index >= 15 is 0 Å². The van der Waals surface area contributed by atoms with Gasteiger partial charge in [0.25, 0.3) is 0 Å². The Morgan fingerprint density at radius 2 is 2.18 bits per heavy atom. The zero-order chi connectivity index (χ0) is 8.10. The summed E-state index contributed by atoms with van der Waals surface area (Å²) in [5, 5.41) is 0. The molecule has 0 amide bonds. The second kappa shape index (κ2) is 4.58. The summed E-state index contributed by atoms with van der Waals surface area (Å²) in [5.74, 6) is 1.77. The predicted octanol–water partition coefficient (Wildman–Crippen LogP) is 3.78. The minimum absolute atomic E-state index is 0.857. The molecule has 0 aromatic heterocycles. The zero-order valence-electron chi connectivity index (χ0n) is 7.84. The molecule has 0 bridgehead atoms. The molecule has 0 N–H and O–H groups in total. The third kappa shape index (κ3) is 2.69. The van der Waals surface area contributed by atoms with E-state index < -0.39 is 0 Å². The fraction of sp³-hybridized carbons (Fsp3) is 0.818. The van der Waals surface area contributed by atoms with E-state index in [1.807, 2.05) is 0 Å². The van der Waals surface area contributed by atoms with E-state index in [2.05, 4.69) is 26.0 Å². The lowest BCUT2D eigenvalue weighted by Gasteiger charge is -2.20. The van der Waals surface area contributed by atoms with Crippen molar-refractivity contribution >= 4 is 0 Å². The summed E-state index contributed by atoms with van der Waals surface area (Å²) in [6, 6.07) is 0. The minimum atomic E-state index is 0.857. The molecule has 0 aromatic carbocycles. The summed E-state index contributed by atoms with van der Waals surface area (Å²) in [6.07, 6.45) is 11.7. The van der Waals surface area contributed by atoms with Crippen LogP contribution in [0, 0.1) is 11.8 Å². The quantitative estimate of drug-likeness (QED) is 0.502. The van der Waals surface area contributed by atoms with Crippen molar-refractivity contribution in [1.29, 1.82) is 0 Å². The molecule has 1 aliphatic carbocycles. The van der Waals surface area contributed by atoms with Gasteiger partial charge in [-0.1, -0.05) is 38.8 Å². The summed E-state index contributed by atoms with van der Waals surface area (Å²) in [4.78, 5) is 0. The van der Waals surface area contributed by atoms with Gasteiger partial charge in [0.1, 0.15) is 0 Å². The summed E-state index contributed by atoms with van der Waals surface area (Å²) < 4.78 is 0. The maximum atomic E-state index is 2.43. The highest BCUT2D eigenvalue weighted by atomic mass is 14.2. The highest BCUT2D eigenvalue weighted by molar-refractivity contribution is 4.91. The number of rotatable bonds is 1. The van der Waals surface area contributed by atoms with Gasteiger partial charge in [0, 0.05) is 0 Å². The molecule has 0 aromatic rings. The average molecular weight is 152 g/mol. The lowest BCUT2D eigenvalue weighted by Crippen LogP contribution is -2.09. The number of allylic oxidation sites excluding steroid dienone is 2. The van der Waals surface area contributed by atoms with Crippen molar-refractivity contribution in [1.82, 2.24) is 0 Å². The van der Waals surface area contributed by atoms with Gasteiger partial charge in [-0.15, -0.1) is 0 Å². The molecule has 1 rings (SSSR count). The smallest absolute Gasteiger partial charge is 0.0210 e. The Hall–Kier alpha value is -0.260. The molecular weight excluding hydrogens is 132 g/mol. The molecule has 0 heterocycles. The molecule has 64 valence electrons. The molecule has 11 heavy (non-hydrogen) atoms. The van der Waals surface area contributed by atoms with Gasteiger partial charge in [-0.2, -0.15) is 0 Å². The van der Waals surface area contributed by atoms with Crippen molar-refractivity contribution in [3.05, 3.63) is 12.2 Å². The van der Waals surface area contributed by atoms with Crippen LogP contribution in [0.15, 0.2) is 12.2 Å². The van der Waals surface area contributed by atoms with Crippen LogP contribution in [0.2, 0.25) is 0 Å². The van der Waals surface area contributed by atoms with E-state index in [1.165, 1.54) is 32.1 Å². The van der Waals surface area contributed by atoms with Crippen LogP contribution in [-0.4, -0.2) is 0 Å². The minimum Gasteiger partial charge on any atom is -0.0883 e. The molecule has 0 spiro atoms. The van der Waals surface area contributed by atoms with E-state index in [-0.39, 0.29) is 0 Å². The number of hydrogen-bond acceptors (Lipinski definition) is 0. The van der Waals surface area contributed by atoms with Gasteiger partial charge in [0.15, 0.2) is 0 Å². The van der Waals surface area contributed by atoms with Crippen LogP contribution in [0.1, 0.15) is 46.0 Å². The van der Waals surface area contributed by atoms with E-state index in [1.54, 1.807) is 0 Å². The first-order valence-electron chi connectivity index (χ1n) is 5.01. The zero-order valence-corrected chi connectivity index (χ0v) is 7.84. The first-order chi connectivity index (χ1) is 5.34. The third-order valence-corrected chi connectivity index (χ3v) is 2.87. The van der Waals surface area contributed by atoms with Crippen molar-refractivity contribution in [2.75, 3.05) is 0 Å². The molecule has 0 saturated heterocycles. The van der Waals surface area contributed by atoms with E-state index in [4.69, 9.17) is 0 Å². The largest absolute Gasteiger partial charge is 0.0883 e. The maximum absolute atomic E-state index is 2.43. The van der Waals surface area contributed by atoms with Crippen LogP contribution < -0.4 is 0 Å². The first kappa shape index (κ1) is 8.83. The van der Waals surface area contributed by atoms with Crippen LogP contribution in [0.25, 0.3) is 0 Å². The van der Waals surface area contributed by atoms with Crippen LogP contribution in [0.4, 0.5) is 0 Å². The highest BCUT2D eigenvalue weighted by Gasteiger charge is 2.12. The van der Waals surface area contributed by atoms with Crippen molar-refractivity contribution in [3.63, 3.8) is 0 Å². The van der Waals surface area contributed by atoms with Gasteiger partial charge in [-0.3, -0.25) is 0 Å². The molecule has 0 radical (unpaired) electrons. The van der Waals surface area contributed by atoms with Gasteiger partial charge in [0.05, 0.1) is 0 Å². The molecule has 0 saturated carbocycles. The number of hydrogen-bond donors (Lipinski definition) is 0. The predicted molar refractivity (Wildman–Crippen MR) is 50.6 cm³/mol. The second-order valence-corrected chi connectivity index (χ2v) is 3.76. The van der Waals surface area contributed by atoms with Gasteiger partial charge in [-0.05, 0) is 31.1 Å². The molecular formula is C11H20. The monoisotopic (exact) mass is 152 g/mol. The first-order valence-corrected chi connectivity index (χ1v) is 5.01. The molecule has 2 unspecified atom stereocenters. The van der Waals surface area contributed by atoms with Crippen molar-refractivity contribution < 1.29 is 0 Å². The Morgan fingerprint density at radius 3 is 2.91 bits per heavy atom. The lowest BCUT2D eigenvalue weighted by atomic mass is 9.85. The fourth-order valence-electron chi connectivity index (χ4n) is 1.94. The van der Waals surface area contributed by atoms with Gasteiger partial charge in [-0.25, -0.2) is 0 Å². The van der Waals surface area contributed by atoms with Crippen LogP contribution in [-0.2, 0) is 0 Å². The van der Waals surface area contributed by atoms with E-state index in [9.17, 15) is 0 Å². The van der Waals surface area contributed by atoms with E-state index in [0.29, 0.717) is 0 Å². The van der Waals surface area contributed by atoms with Crippen molar-refractivity contribution in [2.45, 2.75) is 46.0 Å². The van der Waals surface area contributed by atoms with Gasteiger partial charge >= 0.3 is 0 Å². The standard InChI is InChI=1S/C11H20/c1-3-11-9-7-5-4-6-8-10(11)2/h7,9-11H,3-6,8H2,1-2H3. The Kier molecular flexibility index (Phi) is 3.68. The second-order valence-electron chi connectivity index (χ2n) is 3.76. The van der Waals surface area contributed by atoms with Crippen molar-refractivity contribution in [3.8, 4) is 0 Å². The summed E-state index contributed by atoms with van der Waals surface area (Å²) in [6.45, 7) is 4.69. The topological polar surface area (TPSA) is 0 Å².